The molecule has 0 amide bonds. The first kappa shape index (κ1) is 24.4. The van der Waals surface area contributed by atoms with Crippen molar-refractivity contribution < 1.29 is 0 Å². The Morgan fingerprint density at radius 3 is 1.36 bits per heavy atom. The van der Waals surface area contributed by atoms with E-state index in [0.717, 1.165) is 47.6 Å². The molecule has 0 bridgehead atoms. The first-order valence-corrected chi connectivity index (χ1v) is 13.3. The molecule has 0 aliphatic heterocycles. The van der Waals surface area contributed by atoms with Crippen LogP contribution in [0.3, 0.4) is 0 Å². The summed E-state index contributed by atoms with van der Waals surface area (Å²) in [5.41, 5.74) is 2.99. The minimum Gasteiger partial charge on any atom is -0.192 e. The number of rotatable bonds is 6. The van der Waals surface area contributed by atoms with E-state index in [0.29, 0.717) is 9.06 Å². The Morgan fingerprint density at radius 1 is 0.636 bits per heavy atom. The Bertz CT molecular complexity index is 1490. The highest BCUT2D eigenvalue weighted by atomic mass is 32.1. The predicted molar refractivity (Wildman–Crippen MR) is 134 cm³/mol. The molecule has 3 aromatic rings. The van der Waals surface area contributed by atoms with Crippen molar-refractivity contribution in [3.8, 4) is 24.3 Å². The smallest absolute Gasteiger partial charge is 0.146 e. The van der Waals surface area contributed by atoms with Crippen molar-refractivity contribution in [1.29, 1.82) is 21.0 Å². The van der Waals surface area contributed by atoms with Crippen LogP contribution in [-0.2, 0) is 12.8 Å². The second-order valence-corrected chi connectivity index (χ2v) is 10.6. The third-order valence-corrected chi connectivity index (χ3v) is 9.12. The van der Waals surface area contributed by atoms with Crippen molar-refractivity contribution in [2.24, 2.45) is 0 Å². The van der Waals surface area contributed by atoms with E-state index < -0.39 is 0 Å². The lowest BCUT2D eigenvalue weighted by molar-refractivity contribution is 0.758. The number of nitriles is 4. The Hall–Kier alpha value is -3.20. The van der Waals surface area contributed by atoms with Crippen LogP contribution in [0, 0.1) is 63.5 Å². The Kier molecular flexibility index (Phi) is 8.59. The third-order valence-electron chi connectivity index (χ3n) is 5.28. The normalized spacial score (nSPS) is 12.3. The molecule has 7 heteroatoms. The van der Waals surface area contributed by atoms with Crippen LogP contribution in [0.5, 0.6) is 0 Å². The Balaban J connectivity index is 2.53. The first-order chi connectivity index (χ1) is 16.1. The molecular formula is C26H22N4S3. The van der Waals surface area contributed by atoms with Crippen LogP contribution in [0.1, 0.15) is 50.7 Å². The molecule has 0 saturated carbocycles. The lowest BCUT2D eigenvalue weighted by Gasteiger charge is -2.04. The zero-order valence-electron chi connectivity index (χ0n) is 18.6. The topological polar surface area (TPSA) is 95.2 Å². The number of thiophene rings is 3. The molecule has 0 N–H and O–H groups in total. The standard InChI is InChI=1S/C26H22N4S3/c1-3-5-7-19-20(8-6-4-2)26(24-12-10-22(32-24)18(15-29)16-30)33-25(19)23-11-9-21(31-23)17(13-27)14-28/h9-12H,3-8H2,1-2H3/b25-23-,26-24+. The lowest BCUT2D eigenvalue weighted by Crippen LogP contribution is -1.94. The highest BCUT2D eigenvalue weighted by molar-refractivity contribution is 7.13. The largest absolute Gasteiger partial charge is 0.192 e. The fourth-order valence-electron chi connectivity index (χ4n) is 3.59. The molecule has 0 radical (unpaired) electrons. The second kappa shape index (κ2) is 11.6. The van der Waals surface area contributed by atoms with Crippen LogP contribution in [0.4, 0.5) is 0 Å². The van der Waals surface area contributed by atoms with Gasteiger partial charge in [0.15, 0.2) is 0 Å². The number of hydrogen-bond acceptors (Lipinski definition) is 7. The maximum absolute atomic E-state index is 9.27. The minimum absolute atomic E-state index is 0.142. The van der Waals surface area contributed by atoms with Gasteiger partial charge in [-0.05, 0) is 61.1 Å². The molecule has 0 spiro atoms. The average molecular weight is 487 g/mol. The molecule has 0 aliphatic carbocycles. The fourth-order valence-corrected chi connectivity index (χ4v) is 7.17. The quantitative estimate of drug-likeness (QED) is 0.458. The van der Waals surface area contributed by atoms with Gasteiger partial charge in [-0.15, -0.1) is 34.0 Å². The van der Waals surface area contributed by atoms with Crippen LogP contribution < -0.4 is 9.06 Å². The molecule has 0 saturated heterocycles. The van der Waals surface area contributed by atoms with Gasteiger partial charge >= 0.3 is 0 Å². The van der Waals surface area contributed by atoms with Crippen LogP contribution in [-0.4, -0.2) is 0 Å². The van der Waals surface area contributed by atoms with E-state index >= 15 is 0 Å². The van der Waals surface area contributed by atoms with Gasteiger partial charge in [-0.3, -0.25) is 0 Å². The minimum atomic E-state index is 0.142. The van der Waals surface area contributed by atoms with Gasteiger partial charge in [0, 0.05) is 18.1 Å². The summed E-state index contributed by atoms with van der Waals surface area (Å²) in [5.74, 6) is 0. The Morgan fingerprint density at radius 2 is 1.03 bits per heavy atom. The highest BCUT2D eigenvalue weighted by Gasteiger charge is 2.12. The molecule has 3 aromatic heterocycles. The van der Waals surface area contributed by atoms with E-state index in [1.165, 1.54) is 42.9 Å². The van der Waals surface area contributed by atoms with Gasteiger partial charge in [0.05, 0.1) is 9.06 Å². The van der Waals surface area contributed by atoms with E-state index in [-0.39, 0.29) is 11.1 Å². The second-order valence-electron chi connectivity index (χ2n) is 7.45. The molecule has 0 atom stereocenters. The van der Waals surface area contributed by atoms with E-state index in [9.17, 15) is 21.0 Å². The van der Waals surface area contributed by atoms with Gasteiger partial charge < -0.3 is 0 Å². The molecule has 3 heterocycles. The summed E-state index contributed by atoms with van der Waals surface area (Å²) in [5, 5.41) is 37.1. The van der Waals surface area contributed by atoms with Gasteiger partial charge in [-0.25, -0.2) is 0 Å². The maximum atomic E-state index is 9.27. The molecular weight excluding hydrogens is 465 g/mol. The average Bonchev–Trinajstić information content (AvgIpc) is 3.57. The molecule has 0 aromatic carbocycles. The summed E-state index contributed by atoms with van der Waals surface area (Å²) in [4.78, 5) is 0. The zero-order valence-corrected chi connectivity index (χ0v) is 21.0. The van der Waals surface area contributed by atoms with E-state index in [1.807, 2.05) is 48.5 Å². The summed E-state index contributed by atoms with van der Waals surface area (Å²) in [6, 6.07) is 15.7. The lowest BCUT2D eigenvalue weighted by atomic mass is 10.0. The van der Waals surface area contributed by atoms with E-state index in [2.05, 4.69) is 13.8 Å². The predicted octanol–water partition coefficient (Wildman–Crippen LogP) is 5.53. The van der Waals surface area contributed by atoms with Crippen molar-refractivity contribution in [3.63, 3.8) is 0 Å². The summed E-state index contributed by atoms with van der Waals surface area (Å²) in [7, 11) is 0. The van der Waals surface area contributed by atoms with Gasteiger partial charge in [-0.2, -0.15) is 21.0 Å². The molecule has 3 rings (SSSR count). The van der Waals surface area contributed by atoms with Gasteiger partial charge in [-0.1, -0.05) is 26.7 Å². The SMILES string of the molecule is CCCCc1c(CCCC)/c(=c2/ccc(=C(C#N)C#N)s2)s/c1=c1/ccc(=C(C#N)C#N)s1. The summed E-state index contributed by atoms with van der Waals surface area (Å²) >= 11 is 4.73. The third kappa shape index (κ3) is 5.24. The molecule has 0 aliphatic rings. The Labute approximate surface area is 204 Å². The summed E-state index contributed by atoms with van der Waals surface area (Å²) in [6.45, 7) is 4.38. The zero-order chi connectivity index (χ0) is 23.8. The van der Waals surface area contributed by atoms with Crippen molar-refractivity contribution in [2.45, 2.75) is 52.4 Å². The molecule has 33 heavy (non-hydrogen) atoms. The van der Waals surface area contributed by atoms with Gasteiger partial charge in [0.25, 0.3) is 0 Å². The number of nitrogens with zero attached hydrogens (tertiary/aromatic N) is 4. The fraction of sp³-hybridized carbons (Fsp3) is 0.308. The molecule has 4 nitrogen and oxygen atoms in total. The van der Waals surface area contributed by atoms with Crippen LogP contribution in [0.25, 0.3) is 11.1 Å². The monoisotopic (exact) mass is 486 g/mol. The number of hydrogen-bond donors (Lipinski definition) is 0. The van der Waals surface area contributed by atoms with Gasteiger partial charge in [0.2, 0.25) is 0 Å². The van der Waals surface area contributed by atoms with E-state index in [4.69, 9.17) is 0 Å². The number of unbranched alkanes of at least 4 members (excludes halogenated alkanes) is 2. The van der Waals surface area contributed by atoms with E-state index in [1.54, 1.807) is 11.3 Å². The van der Waals surface area contributed by atoms with Crippen molar-refractivity contribution in [3.05, 3.63) is 62.6 Å². The van der Waals surface area contributed by atoms with Gasteiger partial charge in [0.1, 0.15) is 35.4 Å². The van der Waals surface area contributed by atoms with Crippen molar-refractivity contribution in [1.82, 2.24) is 0 Å². The first-order valence-electron chi connectivity index (χ1n) is 10.8. The molecule has 0 fully saturated rings. The van der Waals surface area contributed by atoms with Crippen molar-refractivity contribution >= 4 is 45.2 Å². The molecule has 0 unspecified atom stereocenters. The summed E-state index contributed by atoms with van der Waals surface area (Å²) < 4.78 is 5.95. The van der Waals surface area contributed by atoms with Crippen LogP contribution in [0.2, 0.25) is 0 Å². The highest BCUT2D eigenvalue weighted by Crippen LogP contribution is 2.27. The van der Waals surface area contributed by atoms with Crippen LogP contribution >= 0.6 is 34.0 Å². The summed E-state index contributed by atoms with van der Waals surface area (Å²) in [6.07, 6.45) is 6.33. The van der Waals surface area contributed by atoms with Crippen LogP contribution in [0.15, 0.2) is 24.3 Å². The van der Waals surface area contributed by atoms with Crippen molar-refractivity contribution in [2.75, 3.05) is 0 Å². The maximum Gasteiger partial charge on any atom is 0.146 e. The molecule has 164 valence electrons.